The Morgan fingerprint density at radius 2 is 1.89 bits per heavy atom. The van der Waals surface area contributed by atoms with Gasteiger partial charge in [-0.15, -0.1) is 0 Å². The highest BCUT2D eigenvalue weighted by atomic mass is 32.1. The Kier molecular flexibility index (Phi) is 9.50. The number of likely N-dealkylation sites (N-methyl/N-ethyl adjacent to an activating group) is 1. The summed E-state index contributed by atoms with van der Waals surface area (Å²) in [6.07, 6.45) is 0.140. The summed E-state index contributed by atoms with van der Waals surface area (Å²) in [5.74, 6) is -0.0656. The first kappa shape index (κ1) is 23.5. The van der Waals surface area contributed by atoms with E-state index in [0.717, 1.165) is 5.56 Å². The molecule has 0 heterocycles. The van der Waals surface area contributed by atoms with Crippen molar-refractivity contribution in [2.24, 2.45) is 5.92 Å². The maximum absolute atomic E-state index is 12.2. The number of methoxy groups -OCH3 is 2. The number of carboxylic acid groups (broad SMARTS) is 1. The van der Waals surface area contributed by atoms with E-state index in [0.29, 0.717) is 29.7 Å². The van der Waals surface area contributed by atoms with E-state index in [1.54, 1.807) is 34.1 Å². The number of thiocarbonyl (C=S) groups is 1. The van der Waals surface area contributed by atoms with Crippen molar-refractivity contribution in [3.8, 4) is 11.5 Å². The van der Waals surface area contributed by atoms with Crippen LogP contribution < -0.4 is 20.1 Å². The molecule has 28 heavy (non-hydrogen) atoms. The summed E-state index contributed by atoms with van der Waals surface area (Å²) in [6, 6.07) is 4.65. The third kappa shape index (κ3) is 6.88. The molecule has 1 rings (SSSR count). The Hall–Kier alpha value is -2.55. The van der Waals surface area contributed by atoms with Gasteiger partial charge < -0.3 is 30.1 Å². The predicted molar refractivity (Wildman–Crippen MR) is 111 cm³/mol. The number of benzene rings is 1. The zero-order valence-electron chi connectivity index (χ0n) is 16.9. The number of aliphatic carboxylic acids is 1. The summed E-state index contributed by atoms with van der Waals surface area (Å²) >= 11 is 5.23. The van der Waals surface area contributed by atoms with Crippen LogP contribution in [0.2, 0.25) is 0 Å². The van der Waals surface area contributed by atoms with E-state index >= 15 is 0 Å². The summed E-state index contributed by atoms with van der Waals surface area (Å²) in [5, 5.41) is 15.7. The SMILES string of the molecule is COc1ccc(CNC(=S)NCCC(=O)N(C)[C@H](C(=O)O)C(C)C)c(OC)c1. The highest BCUT2D eigenvalue weighted by molar-refractivity contribution is 7.80. The zero-order chi connectivity index (χ0) is 21.3. The molecule has 9 heteroatoms. The summed E-state index contributed by atoms with van der Waals surface area (Å²) in [4.78, 5) is 24.8. The van der Waals surface area contributed by atoms with Crippen LogP contribution in [0.5, 0.6) is 11.5 Å². The highest BCUT2D eigenvalue weighted by Gasteiger charge is 2.29. The molecule has 0 unspecified atom stereocenters. The number of nitrogens with zero attached hydrogens (tertiary/aromatic N) is 1. The summed E-state index contributed by atoms with van der Waals surface area (Å²) < 4.78 is 10.5. The van der Waals surface area contributed by atoms with Crippen LogP contribution in [0.1, 0.15) is 25.8 Å². The lowest BCUT2D eigenvalue weighted by Crippen LogP contribution is -2.46. The Bertz CT molecular complexity index is 696. The van der Waals surface area contributed by atoms with Crippen LogP contribution in [0.15, 0.2) is 18.2 Å². The van der Waals surface area contributed by atoms with Crippen molar-refractivity contribution >= 4 is 29.2 Å². The second-order valence-corrected chi connectivity index (χ2v) is 6.98. The molecule has 1 aromatic carbocycles. The van der Waals surface area contributed by atoms with E-state index in [-0.39, 0.29) is 18.2 Å². The molecule has 1 aromatic rings. The van der Waals surface area contributed by atoms with Crippen LogP contribution in [0.25, 0.3) is 0 Å². The topological polar surface area (TPSA) is 100 Å². The minimum Gasteiger partial charge on any atom is -0.497 e. The smallest absolute Gasteiger partial charge is 0.326 e. The molecule has 0 saturated carbocycles. The standard InChI is InChI=1S/C19H29N3O5S/c1-12(2)17(18(24)25)22(3)16(23)8-9-20-19(28)21-11-13-6-7-14(26-4)10-15(13)27-5/h6-7,10,12,17H,8-9,11H2,1-5H3,(H,24,25)(H2,20,21,28)/t17-/m0/s1. The van der Waals surface area contributed by atoms with Crippen LogP contribution >= 0.6 is 12.2 Å². The number of ether oxygens (including phenoxy) is 2. The molecule has 1 atom stereocenters. The maximum Gasteiger partial charge on any atom is 0.326 e. The molecule has 0 aliphatic rings. The molecule has 0 spiro atoms. The Labute approximate surface area is 171 Å². The minimum atomic E-state index is -1.01. The number of hydrogen-bond acceptors (Lipinski definition) is 5. The quantitative estimate of drug-likeness (QED) is 0.500. The minimum absolute atomic E-state index is 0.140. The van der Waals surface area contributed by atoms with Crippen molar-refractivity contribution in [2.45, 2.75) is 32.9 Å². The van der Waals surface area contributed by atoms with Gasteiger partial charge in [0.05, 0.1) is 14.2 Å². The lowest BCUT2D eigenvalue weighted by atomic mass is 10.0. The van der Waals surface area contributed by atoms with Crippen molar-refractivity contribution < 1.29 is 24.2 Å². The maximum atomic E-state index is 12.2. The van der Waals surface area contributed by atoms with Gasteiger partial charge in [0.1, 0.15) is 17.5 Å². The van der Waals surface area contributed by atoms with Gasteiger partial charge in [-0.1, -0.05) is 13.8 Å². The average Bonchev–Trinajstić information content (AvgIpc) is 2.65. The van der Waals surface area contributed by atoms with E-state index in [1.165, 1.54) is 11.9 Å². The van der Waals surface area contributed by atoms with E-state index in [2.05, 4.69) is 10.6 Å². The van der Waals surface area contributed by atoms with Gasteiger partial charge in [0.25, 0.3) is 0 Å². The molecule has 0 aromatic heterocycles. The fourth-order valence-electron chi connectivity index (χ4n) is 2.75. The lowest BCUT2D eigenvalue weighted by molar-refractivity contribution is -0.150. The van der Waals surface area contributed by atoms with Crippen LogP contribution in [-0.4, -0.2) is 60.8 Å². The fourth-order valence-corrected chi connectivity index (χ4v) is 2.92. The van der Waals surface area contributed by atoms with Crippen molar-refractivity contribution in [3.05, 3.63) is 23.8 Å². The third-order valence-electron chi connectivity index (χ3n) is 4.25. The molecule has 0 fully saturated rings. The Morgan fingerprint density at radius 1 is 1.21 bits per heavy atom. The van der Waals surface area contributed by atoms with E-state index in [9.17, 15) is 14.7 Å². The van der Waals surface area contributed by atoms with Gasteiger partial charge in [0.2, 0.25) is 5.91 Å². The predicted octanol–water partition coefficient (Wildman–Crippen LogP) is 1.63. The number of carbonyl (C=O) groups is 2. The first-order chi connectivity index (χ1) is 13.2. The molecule has 0 saturated heterocycles. The summed E-state index contributed by atoms with van der Waals surface area (Å²) in [6.45, 7) is 4.29. The van der Waals surface area contributed by atoms with Gasteiger partial charge in [-0.05, 0) is 30.3 Å². The molecule has 0 bridgehead atoms. The van der Waals surface area contributed by atoms with Crippen molar-refractivity contribution in [1.82, 2.24) is 15.5 Å². The number of rotatable bonds is 10. The Balaban J connectivity index is 2.47. The third-order valence-corrected chi connectivity index (χ3v) is 4.54. The summed E-state index contributed by atoms with van der Waals surface area (Å²) in [5.41, 5.74) is 0.907. The molecule has 1 amide bonds. The molecule has 0 radical (unpaired) electrons. The normalized spacial score (nSPS) is 11.5. The second-order valence-electron chi connectivity index (χ2n) is 6.57. The first-order valence-corrected chi connectivity index (χ1v) is 9.33. The van der Waals surface area contributed by atoms with Crippen LogP contribution in [-0.2, 0) is 16.1 Å². The summed E-state index contributed by atoms with van der Waals surface area (Å²) in [7, 11) is 4.68. The zero-order valence-corrected chi connectivity index (χ0v) is 17.8. The van der Waals surface area contributed by atoms with Gasteiger partial charge in [0.15, 0.2) is 5.11 Å². The highest BCUT2D eigenvalue weighted by Crippen LogP contribution is 2.24. The average molecular weight is 412 g/mol. The van der Waals surface area contributed by atoms with Crippen molar-refractivity contribution in [1.29, 1.82) is 0 Å². The Morgan fingerprint density at radius 3 is 2.43 bits per heavy atom. The van der Waals surface area contributed by atoms with Crippen LogP contribution in [0.3, 0.4) is 0 Å². The second kappa shape index (κ2) is 11.3. The van der Waals surface area contributed by atoms with Gasteiger partial charge in [-0.2, -0.15) is 0 Å². The molecule has 156 valence electrons. The molecule has 3 N–H and O–H groups in total. The number of amides is 1. The first-order valence-electron chi connectivity index (χ1n) is 8.92. The largest absolute Gasteiger partial charge is 0.497 e. The number of hydrogen-bond donors (Lipinski definition) is 3. The van der Waals surface area contributed by atoms with Crippen molar-refractivity contribution in [3.63, 3.8) is 0 Å². The monoisotopic (exact) mass is 411 g/mol. The molecule has 0 aliphatic heterocycles. The number of carboxylic acids is 1. The van der Waals surface area contributed by atoms with Crippen LogP contribution in [0, 0.1) is 5.92 Å². The van der Waals surface area contributed by atoms with E-state index < -0.39 is 12.0 Å². The number of carbonyl (C=O) groups excluding carboxylic acids is 1. The molecule has 8 nitrogen and oxygen atoms in total. The van der Waals surface area contributed by atoms with Crippen LogP contribution in [0.4, 0.5) is 0 Å². The van der Waals surface area contributed by atoms with Gasteiger partial charge in [0, 0.05) is 38.2 Å². The van der Waals surface area contributed by atoms with E-state index in [4.69, 9.17) is 21.7 Å². The number of nitrogens with one attached hydrogen (secondary N) is 2. The van der Waals surface area contributed by atoms with Crippen molar-refractivity contribution in [2.75, 3.05) is 27.8 Å². The van der Waals surface area contributed by atoms with Gasteiger partial charge >= 0.3 is 5.97 Å². The van der Waals surface area contributed by atoms with Gasteiger partial charge in [-0.3, -0.25) is 4.79 Å². The molecular formula is C19H29N3O5S. The molecular weight excluding hydrogens is 382 g/mol. The lowest BCUT2D eigenvalue weighted by Gasteiger charge is -2.27. The molecule has 0 aliphatic carbocycles. The fraction of sp³-hybridized carbons (Fsp3) is 0.526. The van der Waals surface area contributed by atoms with Gasteiger partial charge in [-0.25, -0.2) is 4.79 Å². The van der Waals surface area contributed by atoms with E-state index in [1.807, 2.05) is 12.1 Å².